The Bertz CT molecular complexity index is 1200. The van der Waals surface area contributed by atoms with Gasteiger partial charge in [0.05, 0.1) is 12.8 Å². The van der Waals surface area contributed by atoms with Gasteiger partial charge in [0.1, 0.15) is 6.61 Å². The highest BCUT2D eigenvalue weighted by atomic mass is 35.5. The minimum Gasteiger partial charge on any atom is -0.490 e. The van der Waals surface area contributed by atoms with Crippen molar-refractivity contribution in [2.75, 3.05) is 11.9 Å². The molecule has 7 nitrogen and oxygen atoms in total. The number of carbonyl (C=O) groups is 2. The molecule has 0 atom stereocenters. The van der Waals surface area contributed by atoms with Gasteiger partial charge < -0.3 is 14.8 Å². The number of anilines is 1. The van der Waals surface area contributed by atoms with Crippen molar-refractivity contribution in [2.45, 2.75) is 20.5 Å². The van der Waals surface area contributed by atoms with Crippen LogP contribution in [0.25, 0.3) is 0 Å². The second-order valence-corrected chi connectivity index (χ2v) is 7.96. The molecule has 0 heterocycles. The first kappa shape index (κ1) is 25.1. The van der Waals surface area contributed by atoms with E-state index >= 15 is 0 Å². The maximum absolute atomic E-state index is 12.1. The maximum atomic E-state index is 12.1. The van der Waals surface area contributed by atoms with Gasteiger partial charge in [0.25, 0.3) is 0 Å². The summed E-state index contributed by atoms with van der Waals surface area (Å²) in [7, 11) is 0. The summed E-state index contributed by atoms with van der Waals surface area (Å²) in [5.74, 6) is -0.679. The Hall–Kier alpha value is -3.55. The van der Waals surface area contributed by atoms with Crippen LogP contribution in [0.15, 0.2) is 65.8 Å². The number of rotatable bonds is 8. The Labute approximate surface area is 207 Å². The van der Waals surface area contributed by atoms with Crippen LogP contribution in [0.4, 0.5) is 5.69 Å². The first-order chi connectivity index (χ1) is 16.4. The van der Waals surface area contributed by atoms with E-state index in [0.717, 1.165) is 5.56 Å². The van der Waals surface area contributed by atoms with E-state index in [1.54, 1.807) is 55.5 Å². The number of amides is 2. The normalized spacial score (nSPS) is 10.7. The van der Waals surface area contributed by atoms with Gasteiger partial charge in [-0.25, -0.2) is 5.43 Å². The zero-order chi connectivity index (χ0) is 24.5. The van der Waals surface area contributed by atoms with Gasteiger partial charge in [-0.3, -0.25) is 9.59 Å². The fourth-order valence-corrected chi connectivity index (χ4v) is 3.17. The molecular weight excluding hydrogens is 477 g/mol. The Kier molecular flexibility index (Phi) is 8.90. The lowest BCUT2D eigenvalue weighted by Gasteiger charge is -2.12. The molecule has 2 amide bonds. The standard InChI is InChI=1S/C25H23Cl2N3O4/c1-3-33-23-13-18(9-12-22(23)34-15-17-7-10-19(26)11-8-17)14-28-30-25(32)24(31)29-21-6-4-5-20(27)16(21)2/h4-14H,3,15H2,1-2H3,(H,29,31)(H,30,32). The van der Waals surface area contributed by atoms with E-state index in [0.29, 0.717) is 51.6 Å². The highest BCUT2D eigenvalue weighted by Gasteiger charge is 2.14. The Morgan fingerprint density at radius 2 is 1.74 bits per heavy atom. The third-order valence-electron chi connectivity index (χ3n) is 4.68. The molecule has 0 saturated carbocycles. The summed E-state index contributed by atoms with van der Waals surface area (Å²) < 4.78 is 11.5. The Morgan fingerprint density at radius 3 is 2.47 bits per heavy atom. The molecule has 0 spiro atoms. The van der Waals surface area contributed by atoms with Crippen molar-refractivity contribution in [3.8, 4) is 11.5 Å². The molecule has 3 aromatic carbocycles. The molecule has 3 rings (SSSR count). The maximum Gasteiger partial charge on any atom is 0.329 e. The van der Waals surface area contributed by atoms with Crippen molar-refractivity contribution in [2.24, 2.45) is 5.10 Å². The molecule has 2 N–H and O–H groups in total. The highest BCUT2D eigenvalue weighted by molar-refractivity contribution is 6.40. The van der Waals surface area contributed by atoms with Crippen LogP contribution in [0.2, 0.25) is 10.0 Å². The van der Waals surface area contributed by atoms with E-state index in [9.17, 15) is 9.59 Å². The molecule has 176 valence electrons. The summed E-state index contributed by atoms with van der Waals surface area (Å²) in [6.45, 7) is 4.40. The third kappa shape index (κ3) is 6.97. The predicted octanol–water partition coefficient (Wildman–Crippen LogP) is 5.37. The molecule has 0 aliphatic rings. The minimum atomic E-state index is -0.913. The van der Waals surface area contributed by atoms with E-state index in [-0.39, 0.29) is 0 Å². The number of nitrogens with zero attached hydrogens (tertiary/aromatic N) is 1. The van der Waals surface area contributed by atoms with E-state index in [1.165, 1.54) is 6.21 Å². The fraction of sp³-hybridized carbons (Fsp3) is 0.160. The smallest absolute Gasteiger partial charge is 0.329 e. The Balaban J connectivity index is 1.60. The molecule has 0 aromatic heterocycles. The number of ether oxygens (including phenoxy) is 2. The average molecular weight is 500 g/mol. The molecule has 0 unspecified atom stereocenters. The zero-order valence-electron chi connectivity index (χ0n) is 18.6. The molecule has 0 aliphatic carbocycles. The molecule has 0 fully saturated rings. The predicted molar refractivity (Wildman–Crippen MR) is 134 cm³/mol. The molecule has 34 heavy (non-hydrogen) atoms. The topological polar surface area (TPSA) is 89.0 Å². The van der Waals surface area contributed by atoms with E-state index < -0.39 is 11.8 Å². The van der Waals surface area contributed by atoms with Gasteiger partial charge in [-0.1, -0.05) is 41.4 Å². The summed E-state index contributed by atoms with van der Waals surface area (Å²) >= 11 is 11.9. The molecule has 0 bridgehead atoms. The van der Waals surface area contributed by atoms with Crippen LogP contribution in [0.3, 0.4) is 0 Å². The molecule has 9 heteroatoms. The molecule has 0 aliphatic heterocycles. The summed E-state index contributed by atoms with van der Waals surface area (Å²) in [6.07, 6.45) is 1.40. The lowest BCUT2D eigenvalue weighted by molar-refractivity contribution is -0.136. The minimum absolute atomic E-state index is 0.349. The van der Waals surface area contributed by atoms with Crippen LogP contribution >= 0.6 is 23.2 Å². The van der Waals surface area contributed by atoms with Gasteiger partial charge in [-0.05, 0) is 73.0 Å². The number of hydrazone groups is 1. The Morgan fingerprint density at radius 1 is 0.971 bits per heavy atom. The number of hydrogen-bond donors (Lipinski definition) is 2. The van der Waals surface area contributed by atoms with Gasteiger partial charge in [0, 0.05) is 15.7 Å². The summed E-state index contributed by atoms with van der Waals surface area (Å²) in [5, 5.41) is 7.51. The summed E-state index contributed by atoms with van der Waals surface area (Å²) in [6, 6.07) is 17.6. The first-order valence-corrected chi connectivity index (χ1v) is 11.2. The number of hydrogen-bond acceptors (Lipinski definition) is 5. The van der Waals surface area contributed by atoms with Crippen LogP contribution in [0, 0.1) is 6.92 Å². The highest BCUT2D eigenvalue weighted by Crippen LogP contribution is 2.29. The van der Waals surface area contributed by atoms with Gasteiger partial charge in [0.15, 0.2) is 11.5 Å². The quantitative estimate of drug-likeness (QED) is 0.247. The van der Waals surface area contributed by atoms with Crippen molar-refractivity contribution in [1.29, 1.82) is 0 Å². The van der Waals surface area contributed by atoms with E-state index in [1.807, 2.05) is 19.1 Å². The monoisotopic (exact) mass is 499 g/mol. The van der Waals surface area contributed by atoms with Crippen LogP contribution in [-0.2, 0) is 16.2 Å². The number of carbonyl (C=O) groups excluding carboxylic acids is 2. The van der Waals surface area contributed by atoms with Gasteiger partial charge in [-0.2, -0.15) is 5.10 Å². The summed E-state index contributed by atoms with van der Waals surface area (Å²) in [4.78, 5) is 24.2. The van der Waals surface area contributed by atoms with Crippen LogP contribution < -0.4 is 20.2 Å². The zero-order valence-corrected chi connectivity index (χ0v) is 20.1. The van der Waals surface area contributed by atoms with Crippen molar-refractivity contribution in [3.05, 3.63) is 87.4 Å². The SMILES string of the molecule is CCOc1cc(C=NNC(=O)C(=O)Nc2cccc(Cl)c2C)ccc1OCc1ccc(Cl)cc1. The third-order valence-corrected chi connectivity index (χ3v) is 5.34. The lowest BCUT2D eigenvalue weighted by Crippen LogP contribution is -2.32. The first-order valence-electron chi connectivity index (χ1n) is 10.4. The fourth-order valence-electron chi connectivity index (χ4n) is 2.87. The molecular formula is C25H23Cl2N3O4. The van der Waals surface area contributed by atoms with Gasteiger partial charge in [-0.15, -0.1) is 0 Å². The molecule has 0 saturated heterocycles. The van der Waals surface area contributed by atoms with Gasteiger partial charge in [0.2, 0.25) is 0 Å². The van der Waals surface area contributed by atoms with Crippen molar-refractivity contribution in [3.63, 3.8) is 0 Å². The van der Waals surface area contributed by atoms with Crippen LogP contribution in [-0.4, -0.2) is 24.6 Å². The number of nitrogens with one attached hydrogen (secondary N) is 2. The second kappa shape index (κ2) is 12.1. The lowest BCUT2D eigenvalue weighted by atomic mass is 10.2. The second-order valence-electron chi connectivity index (χ2n) is 7.12. The van der Waals surface area contributed by atoms with Crippen molar-refractivity contribution >= 4 is 46.9 Å². The van der Waals surface area contributed by atoms with Gasteiger partial charge >= 0.3 is 11.8 Å². The van der Waals surface area contributed by atoms with Crippen molar-refractivity contribution in [1.82, 2.24) is 5.43 Å². The number of benzene rings is 3. The van der Waals surface area contributed by atoms with E-state index in [2.05, 4.69) is 15.8 Å². The van der Waals surface area contributed by atoms with Crippen LogP contribution in [0.1, 0.15) is 23.6 Å². The van der Waals surface area contributed by atoms with Crippen molar-refractivity contribution < 1.29 is 19.1 Å². The molecule has 0 radical (unpaired) electrons. The largest absolute Gasteiger partial charge is 0.490 e. The van der Waals surface area contributed by atoms with Crippen LogP contribution in [0.5, 0.6) is 11.5 Å². The van der Waals surface area contributed by atoms with E-state index in [4.69, 9.17) is 32.7 Å². The summed E-state index contributed by atoms with van der Waals surface area (Å²) in [5.41, 5.74) is 4.93. The molecule has 3 aromatic rings. The number of halogens is 2. The average Bonchev–Trinajstić information content (AvgIpc) is 2.82.